The number of fused-ring (bicyclic) bond motifs is 1. The van der Waals surface area contributed by atoms with Gasteiger partial charge in [0.1, 0.15) is 5.76 Å². The van der Waals surface area contributed by atoms with Crippen LogP contribution in [0.2, 0.25) is 0 Å². The molecule has 0 radical (unpaired) electrons. The summed E-state index contributed by atoms with van der Waals surface area (Å²) >= 11 is 1.48. The van der Waals surface area contributed by atoms with Gasteiger partial charge in [-0.2, -0.15) is 0 Å². The molecule has 1 aromatic heterocycles. The maximum Gasteiger partial charge on any atom is 0.338 e. The summed E-state index contributed by atoms with van der Waals surface area (Å²) in [5.41, 5.74) is 5.25. The number of allylic oxidation sites excluding steroid dienone is 1. The van der Waals surface area contributed by atoms with Crippen LogP contribution in [0.1, 0.15) is 48.3 Å². The Balaban J connectivity index is 1.70. The Morgan fingerprint density at radius 1 is 1.26 bits per heavy atom. The Labute approximate surface area is 204 Å². The van der Waals surface area contributed by atoms with Gasteiger partial charge in [0.25, 0.3) is 0 Å². The van der Waals surface area contributed by atoms with E-state index >= 15 is 0 Å². The zero-order valence-electron chi connectivity index (χ0n) is 20.1. The smallest absolute Gasteiger partial charge is 0.338 e. The third-order valence-corrected chi connectivity index (χ3v) is 6.97. The predicted octanol–water partition coefficient (Wildman–Crippen LogP) is 5.08. The molecule has 1 atom stereocenters. The standard InChI is InChI=1S/C26H29N3O4S/c1-6-21-23(25(31)32-5)24(20-10-9-16(2)12-17(20)3)29-18(15-34-26(29)27-21)13-22(30)28(4)14-19-8-7-11-33-19/h7-12,15,24H,6,13-14H2,1-5H3/t24-/m0/s1. The zero-order chi connectivity index (χ0) is 24.4. The Morgan fingerprint density at radius 3 is 2.71 bits per heavy atom. The second-order valence-electron chi connectivity index (χ2n) is 8.47. The number of methoxy groups -OCH3 is 1. The number of furan rings is 1. The van der Waals surface area contributed by atoms with Crippen LogP contribution in [0.4, 0.5) is 0 Å². The zero-order valence-corrected chi connectivity index (χ0v) is 20.9. The molecule has 0 N–H and O–H groups in total. The van der Waals surface area contributed by atoms with Crippen LogP contribution in [0.3, 0.4) is 0 Å². The van der Waals surface area contributed by atoms with E-state index in [2.05, 4.69) is 12.1 Å². The van der Waals surface area contributed by atoms with Crippen LogP contribution in [-0.4, -0.2) is 41.0 Å². The fourth-order valence-electron chi connectivity index (χ4n) is 4.35. The molecule has 0 aliphatic carbocycles. The summed E-state index contributed by atoms with van der Waals surface area (Å²) in [7, 11) is 3.15. The van der Waals surface area contributed by atoms with Crippen LogP contribution in [-0.2, 0) is 20.9 Å². The van der Waals surface area contributed by atoms with E-state index in [1.807, 2.05) is 43.2 Å². The molecular weight excluding hydrogens is 450 g/mol. The molecule has 8 heteroatoms. The van der Waals surface area contributed by atoms with Gasteiger partial charge in [0.05, 0.1) is 43.7 Å². The van der Waals surface area contributed by atoms with Crippen molar-refractivity contribution in [2.24, 2.45) is 4.99 Å². The first-order valence-corrected chi connectivity index (χ1v) is 12.1. The first-order chi connectivity index (χ1) is 16.3. The van der Waals surface area contributed by atoms with E-state index in [1.54, 1.807) is 24.3 Å². The fourth-order valence-corrected chi connectivity index (χ4v) is 5.29. The summed E-state index contributed by atoms with van der Waals surface area (Å²) in [6.45, 7) is 6.46. The molecule has 0 saturated carbocycles. The van der Waals surface area contributed by atoms with Crippen molar-refractivity contribution in [2.75, 3.05) is 14.2 Å². The Morgan fingerprint density at radius 2 is 2.06 bits per heavy atom. The molecule has 0 bridgehead atoms. The van der Waals surface area contributed by atoms with Gasteiger partial charge in [-0.05, 0) is 48.9 Å². The van der Waals surface area contributed by atoms with Crippen molar-refractivity contribution in [1.82, 2.24) is 9.80 Å². The first-order valence-electron chi connectivity index (χ1n) is 11.2. The van der Waals surface area contributed by atoms with Crippen molar-refractivity contribution < 1.29 is 18.7 Å². The quantitative estimate of drug-likeness (QED) is 0.516. The number of carbonyl (C=O) groups excluding carboxylic acids is 2. The summed E-state index contributed by atoms with van der Waals surface area (Å²) in [6.07, 6.45) is 2.38. The van der Waals surface area contributed by atoms with Crippen molar-refractivity contribution >= 4 is 28.8 Å². The highest BCUT2D eigenvalue weighted by atomic mass is 32.2. The Kier molecular flexibility index (Phi) is 6.97. The minimum absolute atomic E-state index is 0.0474. The van der Waals surface area contributed by atoms with E-state index in [0.29, 0.717) is 24.2 Å². The van der Waals surface area contributed by atoms with E-state index in [9.17, 15) is 9.59 Å². The second kappa shape index (κ2) is 9.93. The lowest BCUT2D eigenvalue weighted by Gasteiger charge is -2.37. The molecule has 2 aromatic rings. The number of rotatable bonds is 7. The molecule has 1 aromatic carbocycles. The van der Waals surface area contributed by atoms with Gasteiger partial charge < -0.3 is 19.0 Å². The average molecular weight is 480 g/mol. The average Bonchev–Trinajstić information content (AvgIpc) is 3.47. The molecule has 3 heterocycles. The normalized spacial score (nSPS) is 17.3. The lowest BCUT2D eigenvalue weighted by atomic mass is 9.89. The maximum atomic E-state index is 13.1. The fraction of sp³-hybridized carbons (Fsp3) is 0.346. The molecule has 2 aliphatic rings. The van der Waals surface area contributed by atoms with Crippen molar-refractivity contribution in [2.45, 2.75) is 46.2 Å². The molecule has 0 unspecified atom stereocenters. The first kappa shape index (κ1) is 23.9. The van der Waals surface area contributed by atoms with Gasteiger partial charge in [0, 0.05) is 12.7 Å². The van der Waals surface area contributed by atoms with Gasteiger partial charge >= 0.3 is 5.97 Å². The molecule has 34 heavy (non-hydrogen) atoms. The minimum Gasteiger partial charge on any atom is -0.467 e. The summed E-state index contributed by atoms with van der Waals surface area (Å²) in [5, 5.41) is 2.73. The topological polar surface area (TPSA) is 75.3 Å². The van der Waals surface area contributed by atoms with Crippen LogP contribution in [0.25, 0.3) is 0 Å². The number of nitrogens with zero attached hydrogens (tertiary/aromatic N) is 3. The molecular formula is C26H29N3O4S. The Hall–Kier alpha value is -3.26. The van der Waals surface area contributed by atoms with Gasteiger partial charge in [0.2, 0.25) is 5.91 Å². The lowest BCUT2D eigenvalue weighted by molar-refractivity contribution is -0.136. The lowest BCUT2D eigenvalue weighted by Crippen LogP contribution is -2.38. The molecule has 1 amide bonds. The predicted molar refractivity (Wildman–Crippen MR) is 133 cm³/mol. The number of hydrogen-bond donors (Lipinski definition) is 0. The number of amides is 1. The number of aliphatic imine (C=N–C) groups is 1. The number of aryl methyl sites for hydroxylation is 2. The third-order valence-electron chi connectivity index (χ3n) is 6.08. The van der Waals surface area contributed by atoms with Gasteiger partial charge in [-0.15, -0.1) is 0 Å². The van der Waals surface area contributed by atoms with E-state index in [1.165, 1.54) is 18.9 Å². The maximum absolute atomic E-state index is 13.1. The second-order valence-corrected chi connectivity index (χ2v) is 9.30. The van der Waals surface area contributed by atoms with Crippen molar-refractivity contribution in [3.63, 3.8) is 0 Å². The van der Waals surface area contributed by atoms with E-state index in [4.69, 9.17) is 14.1 Å². The SMILES string of the molecule is CCC1=C(C(=O)OC)[C@H](c2ccc(C)cc2C)N2C(CC(=O)N(C)Cc3ccco3)=CSC2=N1. The number of ether oxygens (including phenoxy) is 1. The Bertz CT molecular complexity index is 1200. The minimum atomic E-state index is -0.417. The number of carbonyl (C=O) groups is 2. The van der Waals surface area contributed by atoms with Gasteiger partial charge in [-0.1, -0.05) is 42.4 Å². The number of esters is 1. The van der Waals surface area contributed by atoms with Crippen molar-refractivity contribution in [3.8, 4) is 0 Å². The molecule has 7 nitrogen and oxygen atoms in total. The van der Waals surface area contributed by atoms with Crippen LogP contribution >= 0.6 is 11.8 Å². The number of hydrogen-bond acceptors (Lipinski definition) is 7. The highest BCUT2D eigenvalue weighted by Gasteiger charge is 2.42. The molecule has 2 aliphatic heterocycles. The monoisotopic (exact) mass is 479 g/mol. The summed E-state index contributed by atoms with van der Waals surface area (Å²) in [6, 6.07) is 9.44. The molecule has 4 rings (SSSR count). The van der Waals surface area contributed by atoms with Crippen molar-refractivity contribution in [1.29, 1.82) is 0 Å². The summed E-state index contributed by atoms with van der Waals surface area (Å²) in [4.78, 5) is 34.6. The van der Waals surface area contributed by atoms with Crippen LogP contribution in [0.15, 0.2) is 68.4 Å². The number of benzene rings is 1. The van der Waals surface area contributed by atoms with Crippen molar-refractivity contribution in [3.05, 3.63) is 81.4 Å². The van der Waals surface area contributed by atoms with E-state index in [-0.39, 0.29) is 12.3 Å². The summed E-state index contributed by atoms with van der Waals surface area (Å²) < 4.78 is 10.6. The van der Waals surface area contributed by atoms with Crippen LogP contribution in [0, 0.1) is 13.8 Å². The van der Waals surface area contributed by atoms with Gasteiger partial charge in [-0.3, -0.25) is 4.79 Å². The van der Waals surface area contributed by atoms with Crippen LogP contribution < -0.4 is 0 Å². The van der Waals surface area contributed by atoms with E-state index in [0.717, 1.165) is 33.3 Å². The number of amidine groups is 1. The van der Waals surface area contributed by atoms with Gasteiger partial charge in [-0.25, -0.2) is 9.79 Å². The third kappa shape index (κ3) is 4.55. The summed E-state index contributed by atoms with van der Waals surface area (Å²) in [5.74, 6) is 0.276. The molecule has 0 fully saturated rings. The number of thioether (sulfide) groups is 1. The van der Waals surface area contributed by atoms with Crippen LogP contribution in [0.5, 0.6) is 0 Å². The highest BCUT2D eigenvalue weighted by molar-refractivity contribution is 8.16. The largest absolute Gasteiger partial charge is 0.467 e. The molecule has 0 saturated heterocycles. The molecule has 178 valence electrons. The van der Waals surface area contributed by atoms with Gasteiger partial charge in [0.15, 0.2) is 5.17 Å². The highest BCUT2D eigenvalue weighted by Crippen LogP contribution is 2.46. The molecule has 0 spiro atoms. The van der Waals surface area contributed by atoms with E-state index < -0.39 is 12.0 Å².